The third-order valence-corrected chi connectivity index (χ3v) is 4.87. The van der Waals surface area contributed by atoms with Gasteiger partial charge in [0.05, 0.1) is 19.3 Å². The SMILES string of the molecule is COC(=O)c1ccc(NC(=O)N2CCC[C@@H](COc3ccc(C)cc3)C2)cc1. The van der Waals surface area contributed by atoms with Gasteiger partial charge in [0.25, 0.3) is 0 Å². The molecule has 1 aliphatic heterocycles. The summed E-state index contributed by atoms with van der Waals surface area (Å²) >= 11 is 0. The van der Waals surface area contributed by atoms with E-state index < -0.39 is 5.97 Å². The maximum absolute atomic E-state index is 12.6. The number of rotatable bonds is 5. The predicted octanol–water partition coefficient (Wildman–Crippen LogP) is 4.10. The van der Waals surface area contributed by atoms with Crippen molar-refractivity contribution in [3.8, 4) is 5.75 Å². The fourth-order valence-corrected chi connectivity index (χ4v) is 3.24. The number of benzene rings is 2. The molecule has 1 aliphatic rings. The number of anilines is 1. The van der Waals surface area contributed by atoms with Crippen molar-refractivity contribution in [3.05, 3.63) is 59.7 Å². The molecule has 3 rings (SSSR count). The Morgan fingerprint density at radius 2 is 1.82 bits per heavy atom. The van der Waals surface area contributed by atoms with Crippen molar-refractivity contribution >= 4 is 17.7 Å². The fraction of sp³-hybridized carbons (Fsp3) is 0.364. The molecule has 1 saturated heterocycles. The molecule has 148 valence electrons. The fourth-order valence-electron chi connectivity index (χ4n) is 3.24. The number of methoxy groups -OCH3 is 1. The number of hydrogen-bond acceptors (Lipinski definition) is 4. The zero-order valence-electron chi connectivity index (χ0n) is 16.3. The van der Waals surface area contributed by atoms with Crippen LogP contribution in [-0.4, -0.2) is 43.7 Å². The van der Waals surface area contributed by atoms with Gasteiger partial charge < -0.3 is 19.7 Å². The third-order valence-electron chi connectivity index (χ3n) is 4.87. The molecular weight excluding hydrogens is 356 g/mol. The van der Waals surface area contributed by atoms with Crippen molar-refractivity contribution in [2.75, 3.05) is 32.1 Å². The van der Waals surface area contributed by atoms with Gasteiger partial charge in [-0.25, -0.2) is 9.59 Å². The van der Waals surface area contributed by atoms with Crippen molar-refractivity contribution < 1.29 is 19.1 Å². The van der Waals surface area contributed by atoms with E-state index in [0.29, 0.717) is 30.3 Å². The minimum Gasteiger partial charge on any atom is -0.493 e. The predicted molar refractivity (Wildman–Crippen MR) is 108 cm³/mol. The zero-order valence-corrected chi connectivity index (χ0v) is 16.3. The Bertz CT molecular complexity index is 802. The third kappa shape index (κ3) is 5.25. The second-order valence-corrected chi connectivity index (χ2v) is 7.08. The van der Waals surface area contributed by atoms with Gasteiger partial charge in [-0.1, -0.05) is 17.7 Å². The van der Waals surface area contributed by atoms with E-state index in [2.05, 4.69) is 10.1 Å². The van der Waals surface area contributed by atoms with Gasteiger partial charge in [0, 0.05) is 24.7 Å². The number of carbonyl (C=O) groups is 2. The Morgan fingerprint density at radius 3 is 2.50 bits per heavy atom. The first-order valence-electron chi connectivity index (χ1n) is 9.49. The second-order valence-electron chi connectivity index (χ2n) is 7.08. The van der Waals surface area contributed by atoms with Crippen LogP contribution in [0.25, 0.3) is 0 Å². The molecular formula is C22H26N2O4. The molecule has 1 atom stereocenters. The van der Waals surface area contributed by atoms with Gasteiger partial charge in [-0.3, -0.25) is 0 Å². The van der Waals surface area contributed by atoms with E-state index in [1.165, 1.54) is 12.7 Å². The summed E-state index contributed by atoms with van der Waals surface area (Å²) in [4.78, 5) is 25.9. The van der Waals surface area contributed by atoms with Crippen molar-refractivity contribution in [2.45, 2.75) is 19.8 Å². The summed E-state index contributed by atoms with van der Waals surface area (Å²) < 4.78 is 10.6. The topological polar surface area (TPSA) is 67.9 Å². The average molecular weight is 382 g/mol. The Kier molecular flexibility index (Phi) is 6.53. The summed E-state index contributed by atoms with van der Waals surface area (Å²) in [6, 6.07) is 14.5. The van der Waals surface area contributed by atoms with Crippen LogP contribution < -0.4 is 10.1 Å². The molecule has 2 aromatic rings. The minimum atomic E-state index is -0.398. The molecule has 0 saturated carbocycles. The molecule has 6 heteroatoms. The van der Waals surface area contributed by atoms with Gasteiger partial charge in [-0.2, -0.15) is 0 Å². The summed E-state index contributed by atoms with van der Waals surface area (Å²) in [6.45, 7) is 4.04. The number of esters is 1. The summed E-state index contributed by atoms with van der Waals surface area (Å²) in [5.74, 6) is 0.769. The molecule has 1 N–H and O–H groups in total. The van der Waals surface area contributed by atoms with Gasteiger partial charge in [0.2, 0.25) is 0 Å². The van der Waals surface area contributed by atoms with Crippen LogP contribution in [0.15, 0.2) is 48.5 Å². The quantitative estimate of drug-likeness (QED) is 0.791. The van der Waals surface area contributed by atoms with Crippen molar-refractivity contribution in [3.63, 3.8) is 0 Å². The summed E-state index contributed by atoms with van der Waals surface area (Å²) in [7, 11) is 1.34. The van der Waals surface area contributed by atoms with Crippen molar-refractivity contribution in [1.82, 2.24) is 4.90 Å². The van der Waals surface area contributed by atoms with Crippen LogP contribution in [0.4, 0.5) is 10.5 Å². The number of amides is 2. The first-order valence-corrected chi connectivity index (χ1v) is 9.49. The van der Waals surface area contributed by atoms with Crippen molar-refractivity contribution in [2.24, 2.45) is 5.92 Å². The Morgan fingerprint density at radius 1 is 1.11 bits per heavy atom. The number of piperidine rings is 1. The Labute approximate surface area is 165 Å². The molecule has 28 heavy (non-hydrogen) atoms. The van der Waals surface area contributed by atoms with E-state index in [1.54, 1.807) is 24.3 Å². The maximum atomic E-state index is 12.6. The largest absolute Gasteiger partial charge is 0.493 e. The molecule has 1 heterocycles. The van der Waals surface area contributed by atoms with Crippen LogP contribution in [-0.2, 0) is 4.74 Å². The number of hydrogen-bond donors (Lipinski definition) is 1. The number of aryl methyl sites for hydroxylation is 1. The molecule has 0 aliphatic carbocycles. The Hall–Kier alpha value is -3.02. The highest BCUT2D eigenvalue weighted by atomic mass is 16.5. The zero-order chi connectivity index (χ0) is 19.9. The van der Waals surface area contributed by atoms with Gasteiger partial charge >= 0.3 is 12.0 Å². The molecule has 1 fully saturated rings. The molecule has 0 bridgehead atoms. The second kappa shape index (κ2) is 9.26. The lowest BCUT2D eigenvalue weighted by molar-refractivity contribution is 0.0600. The van der Waals surface area contributed by atoms with Crippen molar-refractivity contribution in [1.29, 1.82) is 0 Å². The number of carbonyl (C=O) groups excluding carboxylic acids is 2. The van der Waals surface area contributed by atoms with Gasteiger partial charge in [0.1, 0.15) is 5.75 Å². The smallest absolute Gasteiger partial charge is 0.337 e. The van der Waals surface area contributed by atoms with Crippen LogP contribution in [0.3, 0.4) is 0 Å². The van der Waals surface area contributed by atoms with Gasteiger partial charge in [-0.05, 0) is 56.2 Å². The molecule has 6 nitrogen and oxygen atoms in total. The van der Waals surface area contributed by atoms with E-state index in [9.17, 15) is 9.59 Å². The lowest BCUT2D eigenvalue weighted by Gasteiger charge is -2.32. The van der Waals surface area contributed by atoms with Crippen LogP contribution in [0.5, 0.6) is 5.75 Å². The molecule has 0 aromatic heterocycles. The highest BCUT2D eigenvalue weighted by Gasteiger charge is 2.24. The van der Waals surface area contributed by atoms with Gasteiger partial charge in [-0.15, -0.1) is 0 Å². The van der Waals surface area contributed by atoms with Crippen LogP contribution in [0.2, 0.25) is 0 Å². The number of nitrogens with zero attached hydrogens (tertiary/aromatic N) is 1. The monoisotopic (exact) mass is 382 g/mol. The molecule has 2 aromatic carbocycles. The van der Waals surface area contributed by atoms with E-state index in [4.69, 9.17) is 4.74 Å². The Balaban J connectivity index is 1.51. The highest BCUT2D eigenvalue weighted by molar-refractivity contribution is 5.92. The maximum Gasteiger partial charge on any atom is 0.337 e. The highest BCUT2D eigenvalue weighted by Crippen LogP contribution is 2.20. The van der Waals surface area contributed by atoms with E-state index in [1.807, 2.05) is 36.1 Å². The van der Waals surface area contributed by atoms with Crippen LogP contribution in [0.1, 0.15) is 28.8 Å². The minimum absolute atomic E-state index is 0.133. The number of ether oxygens (including phenoxy) is 2. The molecule has 0 spiro atoms. The van der Waals surface area contributed by atoms with E-state index >= 15 is 0 Å². The molecule has 2 amide bonds. The van der Waals surface area contributed by atoms with Crippen LogP contribution in [0, 0.1) is 12.8 Å². The lowest BCUT2D eigenvalue weighted by atomic mass is 9.99. The molecule has 0 radical (unpaired) electrons. The summed E-state index contributed by atoms with van der Waals surface area (Å²) in [5.41, 5.74) is 2.30. The standard InChI is InChI=1S/C22H26N2O4/c1-16-5-11-20(12-6-16)28-15-17-4-3-13-24(14-17)22(26)23-19-9-7-18(8-10-19)21(25)27-2/h5-12,17H,3-4,13-15H2,1-2H3,(H,23,26)/t17-/m1/s1. The summed E-state index contributed by atoms with van der Waals surface area (Å²) in [5, 5.41) is 2.89. The summed E-state index contributed by atoms with van der Waals surface area (Å²) in [6.07, 6.45) is 2.00. The molecule has 0 unspecified atom stereocenters. The number of nitrogens with one attached hydrogen (secondary N) is 1. The van der Waals surface area contributed by atoms with Gasteiger partial charge in [0.15, 0.2) is 0 Å². The normalized spacial score (nSPS) is 16.4. The first-order chi connectivity index (χ1) is 13.5. The number of likely N-dealkylation sites (tertiary alicyclic amines) is 1. The average Bonchev–Trinajstić information content (AvgIpc) is 2.73. The van der Waals surface area contributed by atoms with Crippen LogP contribution >= 0.6 is 0 Å². The first kappa shape index (κ1) is 19.7. The number of urea groups is 1. The lowest BCUT2D eigenvalue weighted by Crippen LogP contribution is -2.43. The van der Waals surface area contributed by atoms with E-state index in [0.717, 1.165) is 25.1 Å². The van der Waals surface area contributed by atoms with E-state index in [-0.39, 0.29) is 6.03 Å².